The van der Waals surface area contributed by atoms with E-state index in [1.165, 1.54) is 11.3 Å². The molecule has 1 aliphatic heterocycles. The van der Waals surface area contributed by atoms with Gasteiger partial charge in [-0.2, -0.15) is 0 Å². The highest BCUT2D eigenvalue weighted by Gasteiger charge is 2.18. The molecule has 0 unspecified atom stereocenters. The normalized spacial score (nSPS) is 15.9. The van der Waals surface area contributed by atoms with E-state index in [1.54, 1.807) is 17.8 Å². The van der Waals surface area contributed by atoms with Crippen molar-refractivity contribution < 1.29 is 4.79 Å². The highest BCUT2D eigenvalue weighted by Crippen LogP contribution is 2.24. The molecule has 1 aliphatic rings. The summed E-state index contributed by atoms with van der Waals surface area (Å²) in [6.07, 6.45) is 4.09. The highest BCUT2D eigenvalue weighted by molar-refractivity contribution is 8.00. The lowest BCUT2D eigenvalue weighted by atomic mass is 10.2. The molecule has 3 nitrogen and oxygen atoms in total. The molecule has 0 radical (unpaired) electrons. The third kappa shape index (κ3) is 5.66. The van der Waals surface area contributed by atoms with Crippen molar-refractivity contribution in [1.29, 1.82) is 0 Å². The van der Waals surface area contributed by atoms with Gasteiger partial charge in [-0.25, -0.2) is 0 Å². The van der Waals surface area contributed by atoms with Crippen LogP contribution in [0.1, 0.15) is 17.7 Å². The standard InChI is InChI=1S/C15H21ClN2OS2/c1-2-9-18(10-13-3-4-14(16)21-13)15(19)11-20-12-5-7-17-8-6-12/h2-4,12,17H,1,5-11H2. The molecule has 0 aromatic carbocycles. The summed E-state index contributed by atoms with van der Waals surface area (Å²) in [5.41, 5.74) is 0. The molecule has 0 atom stereocenters. The Labute approximate surface area is 139 Å². The van der Waals surface area contributed by atoms with Crippen molar-refractivity contribution in [2.45, 2.75) is 24.6 Å². The summed E-state index contributed by atoms with van der Waals surface area (Å²) in [7, 11) is 0. The molecule has 116 valence electrons. The van der Waals surface area contributed by atoms with Crippen LogP contribution in [0, 0.1) is 0 Å². The van der Waals surface area contributed by atoms with Crippen molar-refractivity contribution in [3.63, 3.8) is 0 Å². The molecule has 1 amide bonds. The van der Waals surface area contributed by atoms with Crippen LogP contribution in [0.25, 0.3) is 0 Å². The maximum absolute atomic E-state index is 12.4. The van der Waals surface area contributed by atoms with Crippen molar-refractivity contribution in [1.82, 2.24) is 10.2 Å². The van der Waals surface area contributed by atoms with Gasteiger partial charge in [0.05, 0.1) is 16.6 Å². The average molecular weight is 345 g/mol. The fraction of sp³-hybridized carbons (Fsp3) is 0.533. The number of amides is 1. The fourth-order valence-corrected chi connectivity index (χ4v) is 4.51. The Morgan fingerprint density at radius 2 is 2.29 bits per heavy atom. The van der Waals surface area contributed by atoms with Crippen molar-refractivity contribution in [3.8, 4) is 0 Å². The molecule has 21 heavy (non-hydrogen) atoms. The number of nitrogens with one attached hydrogen (secondary N) is 1. The van der Waals surface area contributed by atoms with Gasteiger partial charge in [-0.15, -0.1) is 29.7 Å². The molecule has 0 saturated carbocycles. The van der Waals surface area contributed by atoms with Crippen LogP contribution in [0.15, 0.2) is 24.8 Å². The number of carbonyl (C=O) groups excluding carboxylic acids is 1. The SMILES string of the molecule is C=CCN(Cc1ccc(Cl)s1)C(=O)CSC1CCNCC1. The van der Waals surface area contributed by atoms with E-state index in [1.807, 2.05) is 17.0 Å². The molecule has 1 aromatic rings. The fourth-order valence-electron chi connectivity index (χ4n) is 2.28. The lowest BCUT2D eigenvalue weighted by Crippen LogP contribution is -2.34. The molecule has 1 fully saturated rings. The Balaban J connectivity index is 1.84. The Hall–Kier alpha value is -0.490. The molecular formula is C15H21ClN2OS2. The number of nitrogens with zero attached hydrogens (tertiary/aromatic N) is 1. The van der Waals surface area contributed by atoms with Gasteiger partial charge in [0, 0.05) is 16.7 Å². The van der Waals surface area contributed by atoms with Gasteiger partial charge in [0.1, 0.15) is 0 Å². The largest absolute Gasteiger partial charge is 0.333 e. The number of carbonyl (C=O) groups is 1. The number of hydrogen-bond donors (Lipinski definition) is 1. The summed E-state index contributed by atoms with van der Waals surface area (Å²) < 4.78 is 0.764. The van der Waals surface area contributed by atoms with Crippen LogP contribution in [0.5, 0.6) is 0 Å². The van der Waals surface area contributed by atoms with Crippen LogP contribution in [0.4, 0.5) is 0 Å². The van der Waals surface area contributed by atoms with Gasteiger partial charge < -0.3 is 10.2 Å². The van der Waals surface area contributed by atoms with E-state index in [9.17, 15) is 4.79 Å². The monoisotopic (exact) mass is 344 g/mol. The molecule has 1 N–H and O–H groups in total. The summed E-state index contributed by atoms with van der Waals surface area (Å²) >= 11 is 9.26. The minimum atomic E-state index is 0.183. The average Bonchev–Trinajstić information content (AvgIpc) is 2.91. The van der Waals surface area contributed by atoms with Gasteiger partial charge in [0.15, 0.2) is 0 Å². The van der Waals surface area contributed by atoms with Gasteiger partial charge in [-0.1, -0.05) is 17.7 Å². The number of piperidine rings is 1. The lowest BCUT2D eigenvalue weighted by molar-refractivity contribution is -0.128. The zero-order valence-corrected chi connectivity index (χ0v) is 14.4. The van der Waals surface area contributed by atoms with Crippen LogP contribution in [-0.4, -0.2) is 41.4 Å². The first-order valence-corrected chi connectivity index (χ1v) is 9.38. The van der Waals surface area contributed by atoms with E-state index < -0.39 is 0 Å². The van der Waals surface area contributed by atoms with Gasteiger partial charge in [0.25, 0.3) is 0 Å². The van der Waals surface area contributed by atoms with Crippen LogP contribution in [0.3, 0.4) is 0 Å². The van der Waals surface area contributed by atoms with E-state index in [0.717, 1.165) is 35.1 Å². The van der Waals surface area contributed by atoms with Gasteiger partial charge >= 0.3 is 0 Å². The molecule has 1 saturated heterocycles. The molecule has 2 heterocycles. The quantitative estimate of drug-likeness (QED) is 0.769. The molecular weight excluding hydrogens is 324 g/mol. The number of rotatable bonds is 7. The summed E-state index contributed by atoms with van der Waals surface area (Å²) in [5, 5.41) is 3.96. The summed E-state index contributed by atoms with van der Waals surface area (Å²) in [6, 6.07) is 3.86. The summed E-state index contributed by atoms with van der Waals surface area (Å²) in [5.74, 6) is 0.736. The molecule has 1 aromatic heterocycles. The number of thioether (sulfide) groups is 1. The highest BCUT2D eigenvalue weighted by atomic mass is 35.5. The second kappa shape index (κ2) is 8.83. The Morgan fingerprint density at radius 3 is 2.90 bits per heavy atom. The molecule has 2 rings (SSSR count). The first-order chi connectivity index (χ1) is 10.2. The van der Waals surface area contributed by atoms with Crippen molar-refractivity contribution in [3.05, 3.63) is 34.0 Å². The third-order valence-corrected chi connectivity index (χ3v) is 5.98. The smallest absolute Gasteiger partial charge is 0.233 e. The Bertz CT molecular complexity index is 472. The Morgan fingerprint density at radius 1 is 1.52 bits per heavy atom. The van der Waals surface area contributed by atoms with Crippen molar-refractivity contribution in [2.75, 3.05) is 25.4 Å². The molecule has 0 spiro atoms. The zero-order valence-electron chi connectivity index (χ0n) is 12.0. The van der Waals surface area contributed by atoms with Crippen LogP contribution in [0.2, 0.25) is 4.34 Å². The van der Waals surface area contributed by atoms with Crippen molar-refractivity contribution >= 4 is 40.6 Å². The third-order valence-electron chi connectivity index (χ3n) is 3.41. The summed E-state index contributed by atoms with van der Waals surface area (Å²) in [6.45, 7) is 7.08. The second-order valence-electron chi connectivity index (χ2n) is 5.03. The predicted molar refractivity (Wildman–Crippen MR) is 93.3 cm³/mol. The lowest BCUT2D eigenvalue weighted by Gasteiger charge is -2.24. The van der Waals surface area contributed by atoms with Gasteiger partial charge in [-0.3, -0.25) is 4.79 Å². The number of hydrogen-bond acceptors (Lipinski definition) is 4. The first kappa shape index (κ1) is 16.9. The maximum Gasteiger partial charge on any atom is 0.233 e. The Kier molecular flexibility index (Phi) is 7.10. The first-order valence-electron chi connectivity index (χ1n) is 7.14. The van der Waals surface area contributed by atoms with Gasteiger partial charge in [-0.05, 0) is 38.1 Å². The maximum atomic E-state index is 12.4. The molecule has 6 heteroatoms. The van der Waals surface area contributed by atoms with Crippen molar-refractivity contribution in [2.24, 2.45) is 0 Å². The molecule has 0 aliphatic carbocycles. The van der Waals surface area contributed by atoms with Crippen LogP contribution >= 0.6 is 34.7 Å². The van der Waals surface area contributed by atoms with Gasteiger partial charge in [0.2, 0.25) is 5.91 Å². The van der Waals surface area contributed by atoms with Crippen LogP contribution in [-0.2, 0) is 11.3 Å². The van der Waals surface area contributed by atoms with E-state index in [0.29, 0.717) is 24.1 Å². The minimum absolute atomic E-state index is 0.183. The van der Waals surface area contributed by atoms with E-state index in [2.05, 4.69) is 11.9 Å². The van der Waals surface area contributed by atoms with E-state index in [4.69, 9.17) is 11.6 Å². The number of halogens is 1. The van der Waals surface area contributed by atoms with E-state index >= 15 is 0 Å². The minimum Gasteiger partial charge on any atom is -0.333 e. The van der Waals surface area contributed by atoms with Crippen LogP contribution < -0.4 is 5.32 Å². The summed E-state index contributed by atoms with van der Waals surface area (Å²) in [4.78, 5) is 15.4. The predicted octanol–water partition coefficient (Wildman–Crippen LogP) is 3.40. The van der Waals surface area contributed by atoms with E-state index in [-0.39, 0.29) is 5.91 Å². The zero-order chi connectivity index (χ0) is 15.1. The number of thiophene rings is 1. The topological polar surface area (TPSA) is 32.3 Å². The second-order valence-corrected chi connectivity index (χ2v) is 8.12. The molecule has 0 bridgehead atoms.